The van der Waals surface area contributed by atoms with Crippen LogP contribution in [0.3, 0.4) is 0 Å². The Bertz CT molecular complexity index is 547. The predicted octanol–water partition coefficient (Wildman–Crippen LogP) is 3.73. The molecule has 0 fully saturated rings. The fourth-order valence-electron chi connectivity index (χ4n) is 2.38. The molecule has 92 valence electrons. The molecule has 18 heavy (non-hydrogen) atoms. The molecule has 3 rings (SSSR count). The summed E-state index contributed by atoms with van der Waals surface area (Å²) in [5, 5.41) is 2.08. The molecule has 1 aliphatic rings. The van der Waals surface area contributed by atoms with Gasteiger partial charge in [-0.15, -0.1) is 11.3 Å². The van der Waals surface area contributed by atoms with Crippen LogP contribution in [-0.4, -0.2) is 12.5 Å². The normalized spacial score (nSPS) is 15.0. The average Bonchev–Trinajstić information content (AvgIpc) is 2.79. The van der Waals surface area contributed by atoms with E-state index in [-0.39, 0.29) is 5.91 Å². The second-order valence-corrected chi connectivity index (χ2v) is 5.51. The van der Waals surface area contributed by atoms with Crippen LogP contribution in [0, 0.1) is 0 Å². The van der Waals surface area contributed by atoms with Gasteiger partial charge in [0.2, 0.25) is 0 Å². The molecule has 0 unspecified atom stereocenters. The zero-order valence-corrected chi connectivity index (χ0v) is 11.0. The lowest BCUT2D eigenvalue weighted by atomic mass is 10.2. The first-order valence-electron chi connectivity index (χ1n) is 6.29. The van der Waals surface area contributed by atoms with Gasteiger partial charge in [0, 0.05) is 17.0 Å². The molecule has 1 amide bonds. The number of hydrogen-bond acceptors (Lipinski definition) is 2. The molecular formula is C15H15NOS. The first-order chi connectivity index (χ1) is 8.86. The molecule has 1 aromatic heterocycles. The van der Waals surface area contributed by atoms with Crippen molar-refractivity contribution in [3.8, 4) is 0 Å². The maximum atomic E-state index is 12.5. The molecule has 0 atom stereocenters. The van der Waals surface area contributed by atoms with Crippen molar-refractivity contribution >= 4 is 22.9 Å². The molecule has 0 bridgehead atoms. The molecule has 0 radical (unpaired) electrons. The minimum atomic E-state index is 0.122. The van der Waals surface area contributed by atoms with Gasteiger partial charge in [-0.3, -0.25) is 4.79 Å². The van der Waals surface area contributed by atoms with Gasteiger partial charge in [0.25, 0.3) is 5.91 Å². The number of amides is 1. The van der Waals surface area contributed by atoms with E-state index in [1.165, 1.54) is 11.3 Å². The predicted molar refractivity (Wildman–Crippen MR) is 75.4 cm³/mol. The van der Waals surface area contributed by atoms with Crippen molar-refractivity contribution < 1.29 is 4.79 Å². The maximum absolute atomic E-state index is 12.5. The van der Waals surface area contributed by atoms with Crippen molar-refractivity contribution in [2.45, 2.75) is 19.3 Å². The van der Waals surface area contributed by atoms with E-state index in [9.17, 15) is 4.79 Å². The summed E-state index contributed by atoms with van der Waals surface area (Å²) in [5.41, 5.74) is 1.89. The molecular weight excluding hydrogens is 242 g/mol. The number of aryl methyl sites for hydroxylation is 1. The molecule has 2 aromatic rings. The van der Waals surface area contributed by atoms with E-state index in [2.05, 4.69) is 11.4 Å². The molecule has 0 N–H and O–H groups in total. The highest BCUT2D eigenvalue weighted by molar-refractivity contribution is 7.10. The summed E-state index contributed by atoms with van der Waals surface area (Å²) in [5.74, 6) is 0.122. The number of rotatable bonds is 1. The van der Waals surface area contributed by atoms with Gasteiger partial charge in [0.05, 0.1) is 5.69 Å². The molecule has 2 heterocycles. The van der Waals surface area contributed by atoms with Crippen LogP contribution < -0.4 is 4.90 Å². The largest absolute Gasteiger partial charge is 0.307 e. The number of anilines is 1. The van der Waals surface area contributed by atoms with Crippen molar-refractivity contribution in [3.05, 3.63) is 52.2 Å². The van der Waals surface area contributed by atoms with E-state index in [1.54, 1.807) is 11.3 Å². The quantitative estimate of drug-likeness (QED) is 0.762. The number of fused-ring (bicyclic) bond motifs is 1. The molecule has 2 nitrogen and oxygen atoms in total. The summed E-state index contributed by atoms with van der Waals surface area (Å²) in [6.45, 7) is 0.831. The minimum Gasteiger partial charge on any atom is -0.307 e. The second-order valence-electron chi connectivity index (χ2n) is 4.51. The fraction of sp³-hybridized carbons (Fsp3) is 0.267. The van der Waals surface area contributed by atoms with Crippen LogP contribution in [0.1, 0.15) is 28.1 Å². The van der Waals surface area contributed by atoms with E-state index in [1.807, 2.05) is 35.2 Å². The van der Waals surface area contributed by atoms with Crippen molar-refractivity contribution in [2.24, 2.45) is 0 Å². The number of nitrogens with zero attached hydrogens (tertiary/aromatic N) is 1. The topological polar surface area (TPSA) is 20.3 Å². The first kappa shape index (κ1) is 11.5. The molecule has 3 heteroatoms. The molecule has 0 spiro atoms. The Morgan fingerprint density at radius 2 is 1.94 bits per heavy atom. The smallest absolute Gasteiger partial charge is 0.258 e. The van der Waals surface area contributed by atoms with Crippen LogP contribution in [0.25, 0.3) is 0 Å². The standard InChI is InChI=1S/C15H15NOS/c17-15(12-6-2-1-3-7-12)16-10-5-4-8-14-13(16)9-11-18-14/h1-3,6-7,9,11H,4-5,8,10H2. The lowest BCUT2D eigenvalue weighted by Crippen LogP contribution is -2.31. The van der Waals surface area contributed by atoms with Crippen molar-refractivity contribution in [3.63, 3.8) is 0 Å². The fourth-order valence-corrected chi connectivity index (χ4v) is 3.31. The number of carbonyl (C=O) groups excluding carboxylic acids is 1. The van der Waals surface area contributed by atoms with E-state index in [0.29, 0.717) is 0 Å². The van der Waals surface area contributed by atoms with Crippen molar-refractivity contribution in [1.29, 1.82) is 0 Å². The van der Waals surface area contributed by atoms with E-state index in [4.69, 9.17) is 0 Å². The summed E-state index contributed by atoms with van der Waals surface area (Å²) >= 11 is 1.76. The van der Waals surface area contributed by atoms with Crippen molar-refractivity contribution in [2.75, 3.05) is 11.4 Å². The summed E-state index contributed by atoms with van der Waals surface area (Å²) in [6, 6.07) is 11.6. The van der Waals surface area contributed by atoms with E-state index in [0.717, 1.165) is 30.6 Å². The van der Waals surface area contributed by atoms with Gasteiger partial charge >= 0.3 is 0 Å². The Labute approximate surface area is 111 Å². The first-order valence-corrected chi connectivity index (χ1v) is 7.17. The van der Waals surface area contributed by atoms with Crippen LogP contribution in [0.5, 0.6) is 0 Å². The van der Waals surface area contributed by atoms with E-state index < -0.39 is 0 Å². The van der Waals surface area contributed by atoms with Crippen LogP contribution in [0.2, 0.25) is 0 Å². The third-order valence-corrected chi connectivity index (χ3v) is 4.28. The van der Waals surface area contributed by atoms with Gasteiger partial charge in [-0.1, -0.05) is 18.2 Å². The summed E-state index contributed by atoms with van der Waals surface area (Å²) in [4.78, 5) is 15.8. The number of carbonyl (C=O) groups is 1. The van der Waals surface area contributed by atoms with Crippen LogP contribution in [0.15, 0.2) is 41.8 Å². The molecule has 0 saturated heterocycles. The Morgan fingerprint density at radius 3 is 2.78 bits per heavy atom. The van der Waals surface area contributed by atoms with Gasteiger partial charge < -0.3 is 4.90 Å². The summed E-state index contributed by atoms with van der Waals surface area (Å²) in [7, 11) is 0. The third kappa shape index (κ3) is 2.06. The second kappa shape index (κ2) is 4.94. The van der Waals surface area contributed by atoms with Gasteiger partial charge in [-0.2, -0.15) is 0 Å². The van der Waals surface area contributed by atoms with Gasteiger partial charge in [0.1, 0.15) is 0 Å². The monoisotopic (exact) mass is 257 g/mol. The van der Waals surface area contributed by atoms with Crippen LogP contribution in [-0.2, 0) is 6.42 Å². The molecule has 1 aliphatic heterocycles. The van der Waals surface area contributed by atoms with Crippen molar-refractivity contribution in [1.82, 2.24) is 0 Å². The zero-order chi connectivity index (χ0) is 12.4. The lowest BCUT2D eigenvalue weighted by molar-refractivity contribution is 0.0987. The highest BCUT2D eigenvalue weighted by Gasteiger charge is 2.22. The lowest BCUT2D eigenvalue weighted by Gasteiger charge is -2.21. The zero-order valence-electron chi connectivity index (χ0n) is 10.1. The van der Waals surface area contributed by atoms with Crippen LogP contribution >= 0.6 is 11.3 Å². The van der Waals surface area contributed by atoms with Crippen LogP contribution in [0.4, 0.5) is 5.69 Å². The van der Waals surface area contributed by atoms with E-state index >= 15 is 0 Å². The highest BCUT2D eigenvalue weighted by atomic mass is 32.1. The summed E-state index contributed by atoms with van der Waals surface area (Å²) < 4.78 is 0. The number of hydrogen-bond donors (Lipinski definition) is 0. The maximum Gasteiger partial charge on any atom is 0.258 e. The Balaban J connectivity index is 1.95. The summed E-state index contributed by atoms with van der Waals surface area (Å²) in [6.07, 6.45) is 3.36. The highest BCUT2D eigenvalue weighted by Crippen LogP contribution is 2.31. The van der Waals surface area contributed by atoms with Gasteiger partial charge in [-0.05, 0) is 42.8 Å². The molecule has 0 aliphatic carbocycles. The average molecular weight is 257 g/mol. The van der Waals surface area contributed by atoms with Gasteiger partial charge in [0.15, 0.2) is 0 Å². The number of thiophene rings is 1. The third-order valence-electron chi connectivity index (χ3n) is 3.31. The Morgan fingerprint density at radius 1 is 1.11 bits per heavy atom. The Hall–Kier alpha value is -1.61. The minimum absolute atomic E-state index is 0.122. The number of benzene rings is 1. The SMILES string of the molecule is O=C(c1ccccc1)N1CCCCc2sccc21. The Kier molecular flexibility index (Phi) is 3.15. The molecule has 1 aromatic carbocycles. The van der Waals surface area contributed by atoms with Gasteiger partial charge in [-0.25, -0.2) is 0 Å². The molecule has 0 saturated carbocycles.